The molecule has 1 heterocycles. The van der Waals surface area contributed by atoms with Crippen molar-refractivity contribution < 1.29 is 14.6 Å². The van der Waals surface area contributed by atoms with Gasteiger partial charge in [0.2, 0.25) is 0 Å². The molecular weight excluding hydrogens is 158 g/mol. The highest BCUT2D eigenvalue weighted by atomic mass is 16.5. The zero-order valence-corrected chi connectivity index (χ0v) is 7.25. The van der Waals surface area contributed by atoms with Crippen molar-refractivity contribution in [3.05, 3.63) is 0 Å². The third-order valence-electron chi connectivity index (χ3n) is 2.00. The third kappa shape index (κ3) is 2.79. The summed E-state index contributed by atoms with van der Waals surface area (Å²) in [6.07, 6.45) is 1.42. The van der Waals surface area contributed by atoms with Crippen molar-refractivity contribution in [1.82, 2.24) is 5.32 Å². The van der Waals surface area contributed by atoms with Gasteiger partial charge < -0.3 is 15.2 Å². The molecule has 0 saturated carbocycles. The fourth-order valence-electron chi connectivity index (χ4n) is 1.28. The molecule has 0 unspecified atom stereocenters. The normalized spacial score (nSPS) is 26.6. The summed E-state index contributed by atoms with van der Waals surface area (Å²) >= 11 is 0. The topological polar surface area (TPSA) is 58.6 Å². The molecule has 0 aromatic heterocycles. The number of carboxylic acid groups (broad SMARTS) is 1. The number of aliphatic carboxylic acids is 1. The smallest absolute Gasteiger partial charge is 0.332 e. The van der Waals surface area contributed by atoms with Crippen molar-refractivity contribution in [2.75, 3.05) is 13.1 Å². The Morgan fingerprint density at radius 1 is 1.75 bits per heavy atom. The van der Waals surface area contributed by atoms with Crippen LogP contribution in [0.2, 0.25) is 0 Å². The van der Waals surface area contributed by atoms with Gasteiger partial charge in [-0.15, -0.1) is 0 Å². The van der Waals surface area contributed by atoms with Gasteiger partial charge in [-0.3, -0.25) is 0 Å². The van der Waals surface area contributed by atoms with E-state index >= 15 is 0 Å². The standard InChI is InChI=1S/C8H15NO3/c1-6(8(10)11)12-7-3-2-4-9-5-7/h6-7,9H,2-5H2,1H3,(H,10,11)/t6-,7-/m1/s1. The number of rotatable bonds is 3. The van der Waals surface area contributed by atoms with Crippen molar-refractivity contribution in [2.24, 2.45) is 0 Å². The minimum Gasteiger partial charge on any atom is -0.479 e. The van der Waals surface area contributed by atoms with Gasteiger partial charge in [0.25, 0.3) is 0 Å². The van der Waals surface area contributed by atoms with E-state index in [1.165, 1.54) is 0 Å². The maximum atomic E-state index is 10.4. The van der Waals surface area contributed by atoms with Crippen molar-refractivity contribution in [2.45, 2.75) is 32.0 Å². The summed E-state index contributed by atoms with van der Waals surface area (Å²) in [7, 11) is 0. The van der Waals surface area contributed by atoms with E-state index in [4.69, 9.17) is 9.84 Å². The number of carbonyl (C=O) groups is 1. The zero-order valence-electron chi connectivity index (χ0n) is 7.25. The van der Waals surface area contributed by atoms with Crippen LogP contribution >= 0.6 is 0 Å². The summed E-state index contributed by atoms with van der Waals surface area (Å²) in [6, 6.07) is 0. The quantitative estimate of drug-likeness (QED) is 0.641. The largest absolute Gasteiger partial charge is 0.479 e. The lowest BCUT2D eigenvalue weighted by Crippen LogP contribution is -2.38. The lowest BCUT2D eigenvalue weighted by molar-refractivity contribution is -0.153. The van der Waals surface area contributed by atoms with E-state index in [-0.39, 0.29) is 6.10 Å². The van der Waals surface area contributed by atoms with E-state index in [1.807, 2.05) is 0 Å². The van der Waals surface area contributed by atoms with Crippen molar-refractivity contribution in [3.63, 3.8) is 0 Å². The van der Waals surface area contributed by atoms with Crippen LogP contribution in [0.15, 0.2) is 0 Å². The van der Waals surface area contributed by atoms with E-state index in [2.05, 4.69) is 5.32 Å². The second-order valence-electron chi connectivity index (χ2n) is 3.08. The molecule has 1 saturated heterocycles. The van der Waals surface area contributed by atoms with Gasteiger partial charge in [0.1, 0.15) is 0 Å². The number of hydrogen-bond acceptors (Lipinski definition) is 3. The van der Waals surface area contributed by atoms with E-state index < -0.39 is 12.1 Å². The fourth-order valence-corrected chi connectivity index (χ4v) is 1.28. The van der Waals surface area contributed by atoms with Gasteiger partial charge in [-0.05, 0) is 26.3 Å². The van der Waals surface area contributed by atoms with E-state index in [1.54, 1.807) is 6.92 Å². The molecule has 1 fully saturated rings. The third-order valence-corrected chi connectivity index (χ3v) is 2.00. The lowest BCUT2D eigenvalue weighted by Gasteiger charge is -2.24. The Labute approximate surface area is 71.9 Å². The Morgan fingerprint density at radius 3 is 3.00 bits per heavy atom. The molecule has 1 rings (SSSR count). The summed E-state index contributed by atoms with van der Waals surface area (Å²) in [5, 5.41) is 11.7. The highest BCUT2D eigenvalue weighted by Gasteiger charge is 2.19. The van der Waals surface area contributed by atoms with E-state index in [9.17, 15) is 4.79 Å². The van der Waals surface area contributed by atoms with Crippen LogP contribution in [0.5, 0.6) is 0 Å². The van der Waals surface area contributed by atoms with E-state index in [0.29, 0.717) is 0 Å². The van der Waals surface area contributed by atoms with Crippen LogP contribution in [0.1, 0.15) is 19.8 Å². The van der Waals surface area contributed by atoms with Crippen molar-refractivity contribution in [3.8, 4) is 0 Å². The number of carboxylic acids is 1. The Bertz CT molecular complexity index is 154. The van der Waals surface area contributed by atoms with Crippen LogP contribution in [-0.2, 0) is 9.53 Å². The summed E-state index contributed by atoms with van der Waals surface area (Å²) in [5.41, 5.74) is 0. The van der Waals surface area contributed by atoms with Crippen molar-refractivity contribution >= 4 is 5.97 Å². The molecule has 4 heteroatoms. The second kappa shape index (κ2) is 4.42. The highest BCUT2D eigenvalue weighted by molar-refractivity contribution is 5.71. The molecule has 0 spiro atoms. The predicted molar refractivity (Wildman–Crippen MR) is 44.1 cm³/mol. The first-order valence-electron chi connectivity index (χ1n) is 4.29. The maximum Gasteiger partial charge on any atom is 0.332 e. The van der Waals surface area contributed by atoms with Crippen LogP contribution in [0, 0.1) is 0 Å². The molecular formula is C8H15NO3. The highest BCUT2D eigenvalue weighted by Crippen LogP contribution is 2.08. The molecule has 0 aromatic rings. The lowest BCUT2D eigenvalue weighted by atomic mass is 10.1. The molecule has 70 valence electrons. The number of ether oxygens (including phenoxy) is 1. The number of piperidine rings is 1. The Balaban J connectivity index is 2.24. The monoisotopic (exact) mass is 173 g/mol. The minimum absolute atomic E-state index is 0.0739. The zero-order chi connectivity index (χ0) is 8.97. The minimum atomic E-state index is -0.888. The molecule has 2 atom stereocenters. The molecule has 0 aromatic carbocycles. The maximum absolute atomic E-state index is 10.4. The van der Waals surface area contributed by atoms with Crippen LogP contribution < -0.4 is 5.32 Å². The second-order valence-corrected chi connectivity index (χ2v) is 3.08. The van der Waals surface area contributed by atoms with E-state index in [0.717, 1.165) is 25.9 Å². The van der Waals surface area contributed by atoms with Crippen molar-refractivity contribution in [1.29, 1.82) is 0 Å². The van der Waals surface area contributed by atoms with Gasteiger partial charge in [-0.2, -0.15) is 0 Å². The van der Waals surface area contributed by atoms with Crippen LogP contribution in [-0.4, -0.2) is 36.4 Å². The Hall–Kier alpha value is -0.610. The average molecular weight is 173 g/mol. The van der Waals surface area contributed by atoms with Gasteiger partial charge in [-0.1, -0.05) is 0 Å². The summed E-state index contributed by atoms with van der Waals surface area (Å²) in [4.78, 5) is 10.4. The molecule has 2 N–H and O–H groups in total. The first kappa shape index (κ1) is 9.48. The van der Waals surface area contributed by atoms with Crippen LogP contribution in [0.3, 0.4) is 0 Å². The average Bonchev–Trinajstić information content (AvgIpc) is 2.06. The van der Waals surface area contributed by atoms with Gasteiger partial charge >= 0.3 is 5.97 Å². The molecule has 12 heavy (non-hydrogen) atoms. The summed E-state index contributed by atoms with van der Waals surface area (Å²) < 4.78 is 5.29. The molecule has 4 nitrogen and oxygen atoms in total. The fraction of sp³-hybridized carbons (Fsp3) is 0.875. The molecule has 0 bridgehead atoms. The predicted octanol–water partition coefficient (Wildman–Crippen LogP) is 0.228. The summed E-state index contributed by atoms with van der Waals surface area (Å²) in [6.45, 7) is 3.36. The van der Waals surface area contributed by atoms with Crippen LogP contribution in [0.4, 0.5) is 0 Å². The SMILES string of the molecule is C[C@@H](O[C@@H]1CCCNC1)C(=O)O. The molecule has 1 aliphatic rings. The molecule has 0 aliphatic carbocycles. The van der Waals surface area contributed by atoms with Crippen LogP contribution in [0.25, 0.3) is 0 Å². The van der Waals surface area contributed by atoms with Gasteiger partial charge in [0, 0.05) is 6.54 Å². The van der Waals surface area contributed by atoms with Gasteiger partial charge in [-0.25, -0.2) is 4.79 Å². The number of nitrogens with one attached hydrogen (secondary N) is 1. The van der Waals surface area contributed by atoms with Gasteiger partial charge in [0.05, 0.1) is 6.10 Å². The Morgan fingerprint density at radius 2 is 2.50 bits per heavy atom. The first-order chi connectivity index (χ1) is 5.70. The summed E-state index contributed by atoms with van der Waals surface area (Å²) in [5.74, 6) is -0.888. The number of hydrogen-bond donors (Lipinski definition) is 2. The first-order valence-corrected chi connectivity index (χ1v) is 4.29. The van der Waals surface area contributed by atoms with Gasteiger partial charge in [0.15, 0.2) is 6.10 Å². The molecule has 0 amide bonds. The molecule has 0 radical (unpaired) electrons. The Kier molecular flexibility index (Phi) is 3.49. The molecule has 1 aliphatic heterocycles.